The van der Waals surface area contributed by atoms with Crippen molar-refractivity contribution in [3.8, 4) is 5.69 Å². The molecular weight excluding hydrogens is 312 g/mol. The van der Waals surface area contributed by atoms with E-state index in [2.05, 4.69) is 29.8 Å². The van der Waals surface area contributed by atoms with Crippen LogP contribution in [0.3, 0.4) is 0 Å². The Balaban J connectivity index is 1.80. The van der Waals surface area contributed by atoms with Crippen LogP contribution in [-0.2, 0) is 6.54 Å². The predicted octanol–water partition coefficient (Wildman–Crippen LogP) is 3.40. The molecule has 0 saturated carbocycles. The monoisotopic (exact) mass is 332 g/mol. The van der Waals surface area contributed by atoms with Crippen LogP contribution in [0.15, 0.2) is 73.8 Å². The summed E-state index contributed by atoms with van der Waals surface area (Å²) < 4.78 is 1.79. The molecule has 5 heteroatoms. The first kappa shape index (κ1) is 16.6. The second-order valence-electron chi connectivity index (χ2n) is 5.82. The average molecular weight is 332 g/mol. The lowest BCUT2D eigenvalue weighted by atomic mass is 10.1. The molecule has 0 spiro atoms. The van der Waals surface area contributed by atoms with Gasteiger partial charge in [-0.2, -0.15) is 0 Å². The third-order valence-electron chi connectivity index (χ3n) is 4.09. The number of hydrogen-bond donors (Lipinski definition) is 0. The number of amides is 1. The second kappa shape index (κ2) is 7.57. The van der Waals surface area contributed by atoms with Gasteiger partial charge in [0, 0.05) is 24.3 Å². The Kier molecular flexibility index (Phi) is 5.04. The highest BCUT2D eigenvalue weighted by molar-refractivity contribution is 5.94. The first-order valence-electron chi connectivity index (χ1n) is 8.09. The zero-order valence-electron chi connectivity index (χ0n) is 14.2. The smallest absolute Gasteiger partial charge is 0.254 e. The lowest BCUT2D eigenvalue weighted by Gasteiger charge is -2.22. The molecule has 126 valence electrons. The van der Waals surface area contributed by atoms with Crippen LogP contribution in [0.1, 0.15) is 21.5 Å². The van der Waals surface area contributed by atoms with Crippen molar-refractivity contribution in [3.05, 3.63) is 90.5 Å². The highest BCUT2D eigenvalue weighted by atomic mass is 16.2. The Labute approximate surface area is 147 Å². The van der Waals surface area contributed by atoms with Crippen LogP contribution in [0.5, 0.6) is 0 Å². The Morgan fingerprint density at radius 3 is 2.44 bits per heavy atom. The molecule has 0 radical (unpaired) electrons. The summed E-state index contributed by atoms with van der Waals surface area (Å²) >= 11 is 0. The van der Waals surface area contributed by atoms with Crippen molar-refractivity contribution in [2.24, 2.45) is 0 Å². The van der Waals surface area contributed by atoms with Gasteiger partial charge in [-0.05, 0) is 42.3 Å². The zero-order chi connectivity index (χ0) is 17.6. The Morgan fingerprint density at radius 2 is 1.80 bits per heavy atom. The number of aryl methyl sites for hydroxylation is 1. The van der Waals surface area contributed by atoms with Crippen LogP contribution in [0.2, 0.25) is 0 Å². The van der Waals surface area contributed by atoms with E-state index in [9.17, 15) is 4.79 Å². The van der Waals surface area contributed by atoms with Crippen LogP contribution in [-0.4, -0.2) is 32.1 Å². The van der Waals surface area contributed by atoms with Crippen LogP contribution >= 0.6 is 0 Å². The van der Waals surface area contributed by atoms with E-state index in [1.165, 1.54) is 5.56 Å². The second-order valence-corrected chi connectivity index (χ2v) is 5.82. The summed E-state index contributed by atoms with van der Waals surface area (Å²) in [7, 11) is 0. The van der Waals surface area contributed by atoms with Crippen molar-refractivity contribution in [1.29, 1.82) is 0 Å². The first-order valence-corrected chi connectivity index (χ1v) is 8.09. The average Bonchev–Trinajstić information content (AvgIpc) is 3.17. The molecule has 25 heavy (non-hydrogen) atoms. The summed E-state index contributed by atoms with van der Waals surface area (Å²) in [6.07, 6.45) is 5.00. The van der Waals surface area contributed by atoms with Crippen molar-refractivity contribution in [2.45, 2.75) is 13.5 Å². The highest BCUT2D eigenvalue weighted by Crippen LogP contribution is 2.15. The number of aromatic nitrogens is 3. The molecule has 1 heterocycles. The summed E-state index contributed by atoms with van der Waals surface area (Å²) in [6.45, 7) is 6.89. The fourth-order valence-corrected chi connectivity index (χ4v) is 2.66. The van der Waals surface area contributed by atoms with Gasteiger partial charge < -0.3 is 4.90 Å². The Bertz CT molecular complexity index is 854. The van der Waals surface area contributed by atoms with Crippen molar-refractivity contribution in [1.82, 2.24) is 19.7 Å². The standard InChI is InChI=1S/C20H20N4O/c1-3-12-23(13-18-7-5-4-6-16(18)2)20(25)17-8-10-19(11-9-17)24-14-21-22-15-24/h3-11,14-15H,1,12-13H2,2H3. The molecule has 5 nitrogen and oxygen atoms in total. The van der Waals surface area contributed by atoms with Crippen LogP contribution in [0.4, 0.5) is 0 Å². The van der Waals surface area contributed by atoms with Gasteiger partial charge in [-0.3, -0.25) is 9.36 Å². The van der Waals surface area contributed by atoms with Crippen LogP contribution in [0.25, 0.3) is 5.69 Å². The van der Waals surface area contributed by atoms with Crippen molar-refractivity contribution < 1.29 is 4.79 Å². The molecule has 0 unspecified atom stereocenters. The molecular formula is C20H20N4O. The Morgan fingerprint density at radius 1 is 1.12 bits per heavy atom. The fraction of sp³-hybridized carbons (Fsp3) is 0.150. The van der Waals surface area contributed by atoms with Crippen molar-refractivity contribution in [2.75, 3.05) is 6.54 Å². The minimum absolute atomic E-state index is 0.0153. The van der Waals surface area contributed by atoms with Gasteiger partial charge in [0.25, 0.3) is 5.91 Å². The molecule has 3 rings (SSSR count). The molecule has 0 aliphatic rings. The van der Waals surface area contributed by atoms with Crippen LogP contribution in [0, 0.1) is 6.92 Å². The van der Waals surface area contributed by atoms with Gasteiger partial charge in [0.05, 0.1) is 0 Å². The number of hydrogen-bond acceptors (Lipinski definition) is 3. The van der Waals surface area contributed by atoms with E-state index in [0.717, 1.165) is 11.3 Å². The molecule has 3 aromatic rings. The topological polar surface area (TPSA) is 51.0 Å². The number of benzene rings is 2. The first-order chi connectivity index (χ1) is 12.2. The number of carbonyl (C=O) groups excluding carboxylic acids is 1. The molecule has 0 atom stereocenters. The maximum absolute atomic E-state index is 12.9. The van der Waals surface area contributed by atoms with Gasteiger partial charge in [-0.15, -0.1) is 16.8 Å². The van der Waals surface area contributed by atoms with Gasteiger partial charge in [-0.25, -0.2) is 0 Å². The van der Waals surface area contributed by atoms with Crippen molar-refractivity contribution in [3.63, 3.8) is 0 Å². The molecule has 2 aromatic carbocycles. The van der Waals surface area contributed by atoms with E-state index in [-0.39, 0.29) is 5.91 Å². The SMILES string of the molecule is C=CCN(Cc1ccccc1C)C(=O)c1ccc(-n2cnnc2)cc1. The molecule has 0 aliphatic heterocycles. The van der Waals surface area contributed by atoms with E-state index < -0.39 is 0 Å². The molecule has 0 N–H and O–H groups in total. The summed E-state index contributed by atoms with van der Waals surface area (Å²) in [5, 5.41) is 7.58. The van der Waals surface area contributed by atoms with E-state index in [0.29, 0.717) is 18.7 Å². The van der Waals surface area contributed by atoms with E-state index in [1.54, 1.807) is 28.2 Å². The fourth-order valence-electron chi connectivity index (χ4n) is 2.66. The third kappa shape index (κ3) is 3.83. The maximum atomic E-state index is 12.9. The van der Waals surface area contributed by atoms with Crippen LogP contribution < -0.4 is 0 Å². The van der Waals surface area contributed by atoms with Gasteiger partial charge in [0.2, 0.25) is 0 Å². The van der Waals surface area contributed by atoms with Gasteiger partial charge >= 0.3 is 0 Å². The van der Waals surface area contributed by atoms with E-state index in [4.69, 9.17) is 0 Å². The van der Waals surface area contributed by atoms with Crippen molar-refractivity contribution >= 4 is 5.91 Å². The quantitative estimate of drug-likeness (QED) is 0.650. The molecule has 0 fully saturated rings. The normalized spacial score (nSPS) is 10.4. The summed E-state index contributed by atoms with van der Waals surface area (Å²) in [5.41, 5.74) is 3.87. The molecule has 0 saturated heterocycles. The summed E-state index contributed by atoms with van der Waals surface area (Å²) in [5.74, 6) is -0.0153. The predicted molar refractivity (Wildman–Crippen MR) is 97.5 cm³/mol. The minimum Gasteiger partial charge on any atom is -0.331 e. The highest BCUT2D eigenvalue weighted by Gasteiger charge is 2.16. The molecule has 1 aromatic heterocycles. The third-order valence-corrected chi connectivity index (χ3v) is 4.09. The lowest BCUT2D eigenvalue weighted by Crippen LogP contribution is -2.31. The Hall–Kier alpha value is -3.21. The van der Waals surface area contributed by atoms with Gasteiger partial charge in [0.1, 0.15) is 12.7 Å². The number of carbonyl (C=O) groups is 1. The lowest BCUT2D eigenvalue weighted by molar-refractivity contribution is 0.0762. The van der Waals surface area contributed by atoms with E-state index in [1.807, 2.05) is 42.5 Å². The van der Waals surface area contributed by atoms with Gasteiger partial charge in [0.15, 0.2) is 0 Å². The number of nitrogens with zero attached hydrogens (tertiary/aromatic N) is 4. The van der Waals surface area contributed by atoms with E-state index >= 15 is 0 Å². The summed E-state index contributed by atoms with van der Waals surface area (Å²) in [4.78, 5) is 14.7. The largest absolute Gasteiger partial charge is 0.331 e. The van der Waals surface area contributed by atoms with Gasteiger partial charge in [-0.1, -0.05) is 30.3 Å². The number of rotatable bonds is 6. The minimum atomic E-state index is -0.0153. The molecule has 0 aliphatic carbocycles. The molecule has 0 bridgehead atoms. The molecule has 1 amide bonds. The zero-order valence-corrected chi connectivity index (χ0v) is 14.2. The summed E-state index contributed by atoms with van der Waals surface area (Å²) in [6, 6.07) is 15.5. The maximum Gasteiger partial charge on any atom is 0.254 e.